The first-order valence-corrected chi connectivity index (χ1v) is 7.63. The lowest BCUT2D eigenvalue weighted by Gasteiger charge is -2.24. The maximum Gasteiger partial charge on any atom is 0.116 e. The molecule has 0 unspecified atom stereocenters. The quantitative estimate of drug-likeness (QED) is 0.465. The lowest BCUT2D eigenvalue weighted by Crippen LogP contribution is -2.19. The molecule has 0 spiro atoms. The fraction of sp³-hybridized carbons (Fsp3) is 0.100. The summed E-state index contributed by atoms with van der Waals surface area (Å²) in [6, 6.07) is 13.5. The van der Waals surface area contributed by atoms with E-state index in [1.165, 1.54) is 0 Å². The first kappa shape index (κ1) is 12.9. The lowest BCUT2D eigenvalue weighted by atomic mass is 9.86. The number of aliphatic hydroxyl groups excluding tert-OH is 2. The van der Waals surface area contributed by atoms with Gasteiger partial charge < -0.3 is 15.3 Å². The Morgan fingerprint density at radius 3 is 2.57 bits per heavy atom. The van der Waals surface area contributed by atoms with Crippen LogP contribution in [-0.4, -0.2) is 21.4 Å². The maximum absolute atomic E-state index is 10.4. The summed E-state index contributed by atoms with van der Waals surface area (Å²) in [7, 11) is 0. The van der Waals surface area contributed by atoms with E-state index in [2.05, 4.69) is 6.07 Å². The second-order valence-corrected chi connectivity index (χ2v) is 6.18. The number of benzene rings is 3. The van der Waals surface area contributed by atoms with Gasteiger partial charge in [-0.3, -0.25) is 0 Å². The van der Waals surface area contributed by atoms with Gasteiger partial charge in [0.2, 0.25) is 0 Å². The molecule has 0 radical (unpaired) electrons. The Labute approximate surface area is 132 Å². The van der Waals surface area contributed by atoms with Crippen LogP contribution in [-0.2, 0) is 0 Å². The second kappa shape index (κ2) is 4.22. The SMILES string of the molecule is Oc1ccc2c(c1)-c1cc3c(c4cccc-2c14)C=C[C@@H](O)[C@@H]3O. The number of fused-ring (bicyclic) bond motifs is 5. The lowest BCUT2D eigenvalue weighted by molar-refractivity contribution is 0.0471. The molecule has 0 amide bonds. The van der Waals surface area contributed by atoms with Crippen molar-refractivity contribution in [2.24, 2.45) is 0 Å². The van der Waals surface area contributed by atoms with Crippen LogP contribution in [0, 0.1) is 0 Å². The summed E-state index contributed by atoms with van der Waals surface area (Å²) in [6.07, 6.45) is 1.70. The predicted octanol–water partition coefficient (Wildman–Crippen LogP) is 3.61. The van der Waals surface area contributed by atoms with E-state index < -0.39 is 12.2 Å². The standard InChI is InChI=1S/C20H14O3/c21-10-4-5-11-13-2-1-3-14-12-6-7-18(22)20(23)17(12)9-16(19(13)14)15(11)8-10/h1-9,18,20-23H/t18-,20-/m1/s1. The minimum absolute atomic E-state index is 0.225. The molecule has 2 aliphatic carbocycles. The van der Waals surface area contributed by atoms with Crippen molar-refractivity contribution >= 4 is 16.8 Å². The molecule has 0 aromatic heterocycles. The van der Waals surface area contributed by atoms with Crippen molar-refractivity contribution < 1.29 is 15.3 Å². The maximum atomic E-state index is 10.4. The van der Waals surface area contributed by atoms with Gasteiger partial charge in [-0.05, 0) is 62.4 Å². The molecule has 0 saturated carbocycles. The van der Waals surface area contributed by atoms with Gasteiger partial charge in [0.05, 0.1) is 0 Å². The molecule has 3 N–H and O–H groups in total. The average molecular weight is 302 g/mol. The molecule has 3 nitrogen and oxygen atoms in total. The number of phenolic OH excluding ortho intramolecular Hbond substituents is 1. The molecule has 0 saturated heterocycles. The van der Waals surface area contributed by atoms with Gasteiger partial charge in [-0.1, -0.05) is 36.4 Å². The third-order valence-electron chi connectivity index (χ3n) is 4.92. The molecule has 0 aliphatic heterocycles. The smallest absolute Gasteiger partial charge is 0.116 e. The van der Waals surface area contributed by atoms with Crippen molar-refractivity contribution in [2.75, 3.05) is 0 Å². The van der Waals surface area contributed by atoms with Crippen molar-refractivity contribution in [2.45, 2.75) is 12.2 Å². The van der Waals surface area contributed by atoms with Crippen molar-refractivity contribution in [1.29, 1.82) is 0 Å². The number of hydrogen-bond donors (Lipinski definition) is 3. The summed E-state index contributed by atoms with van der Waals surface area (Å²) in [5.41, 5.74) is 5.89. The van der Waals surface area contributed by atoms with E-state index in [0.717, 1.165) is 44.2 Å². The zero-order chi connectivity index (χ0) is 15.7. The van der Waals surface area contributed by atoms with Crippen molar-refractivity contribution in [3.8, 4) is 28.0 Å². The molecule has 23 heavy (non-hydrogen) atoms. The third kappa shape index (κ3) is 1.55. The molecule has 0 heterocycles. The summed E-state index contributed by atoms with van der Waals surface area (Å²) in [5.74, 6) is 0.225. The highest BCUT2D eigenvalue weighted by atomic mass is 16.3. The molecule has 5 rings (SSSR count). The Kier molecular flexibility index (Phi) is 2.36. The van der Waals surface area contributed by atoms with Gasteiger partial charge in [-0.25, -0.2) is 0 Å². The van der Waals surface area contributed by atoms with Crippen LogP contribution >= 0.6 is 0 Å². The highest BCUT2D eigenvalue weighted by Crippen LogP contribution is 2.51. The second-order valence-electron chi connectivity index (χ2n) is 6.18. The Hall–Kier alpha value is -2.62. The van der Waals surface area contributed by atoms with E-state index in [1.807, 2.05) is 30.3 Å². The molecule has 3 heteroatoms. The van der Waals surface area contributed by atoms with E-state index in [4.69, 9.17) is 0 Å². The van der Waals surface area contributed by atoms with Crippen LogP contribution in [0.3, 0.4) is 0 Å². The zero-order valence-corrected chi connectivity index (χ0v) is 12.2. The number of hydrogen-bond acceptors (Lipinski definition) is 3. The molecule has 2 atom stereocenters. The Balaban J connectivity index is 1.96. The van der Waals surface area contributed by atoms with E-state index in [-0.39, 0.29) is 5.75 Å². The van der Waals surface area contributed by atoms with Crippen LogP contribution in [0.25, 0.3) is 39.1 Å². The van der Waals surface area contributed by atoms with E-state index in [0.29, 0.717) is 0 Å². The number of aliphatic hydroxyl groups is 2. The fourth-order valence-electron chi connectivity index (χ4n) is 3.87. The minimum Gasteiger partial charge on any atom is -0.508 e. The van der Waals surface area contributed by atoms with Crippen LogP contribution in [0.1, 0.15) is 17.2 Å². The summed E-state index contributed by atoms with van der Waals surface area (Å²) in [5, 5.41) is 32.4. The van der Waals surface area contributed by atoms with E-state index >= 15 is 0 Å². The summed E-state index contributed by atoms with van der Waals surface area (Å²) < 4.78 is 0. The topological polar surface area (TPSA) is 60.7 Å². The van der Waals surface area contributed by atoms with Crippen LogP contribution in [0.4, 0.5) is 0 Å². The summed E-state index contributed by atoms with van der Waals surface area (Å²) >= 11 is 0. The van der Waals surface area contributed by atoms with Gasteiger partial charge in [0, 0.05) is 0 Å². The number of phenols is 1. The van der Waals surface area contributed by atoms with Crippen molar-refractivity contribution in [1.82, 2.24) is 0 Å². The molecule has 112 valence electrons. The fourth-order valence-corrected chi connectivity index (χ4v) is 3.87. The molecule has 3 aromatic rings. The zero-order valence-electron chi connectivity index (χ0n) is 12.2. The van der Waals surface area contributed by atoms with Crippen LogP contribution in [0.5, 0.6) is 5.75 Å². The first-order chi connectivity index (χ1) is 11.1. The average Bonchev–Trinajstić information content (AvgIpc) is 2.86. The van der Waals surface area contributed by atoms with Gasteiger partial charge in [-0.15, -0.1) is 0 Å². The van der Waals surface area contributed by atoms with Gasteiger partial charge >= 0.3 is 0 Å². The van der Waals surface area contributed by atoms with Crippen molar-refractivity contribution in [3.05, 3.63) is 59.7 Å². The first-order valence-electron chi connectivity index (χ1n) is 7.63. The minimum atomic E-state index is -0.930. The monoisotopic (exact) mass is 302 g/mol. The molecule has 2 aliphatic rings. The largest absolute Gasteiger partial charge is 0.508 e. The molecule has 0 fully saturated rings. The summed E-state index contributed by atoms with van der Waals surface area (Å²) in [6.45, 7) is 0. The highest BCUT2D eigenvalue weighted by Gasteiger charge is 2.29. The molecular weight excluding hydrogens is 288 g/mol. The predicted molar refractivity (Wildman–Crippen MR) is 90.0 cm³/mol. The Bertz CT molecular complexity index is 1020. The molecule has 3 aromatic carbocycles. The molecule has 0 bridgehead atoms. The Morgan fingerprint density at radius 2 is 1.70 bits per heavy atom. The summed E-state index contributed by atoms with van der Waals surface area (Å²) in [4.78, 5) is 0. The van der Waals surface area contributed by atoms with E-state index in [9.17, 15) is 15.3 Å². The van der Waals surface area contributed by atoms with Crippen molar-refractivity contribution in [3.63, 3.8) is 0 Å². The van der Waals surface area contributed by atoms with Crippen LogP contribution < -0.4 is 0 Å². The van der Waals surface area contributed by atoms with Crippen LogP contribution in [0.15, 0.2) is 48.5 Å². The highest BCUT2D eigenvalue weighted by molar-refractivity contribution is 6.17. The van der Waals surface area contributed by atoms with Crippen LogP contribution in [0.2, 0.25) is 0 Å². The van der Waals surface area contributed by atoms with Gasteiger partial charge in [0.1, 0.15) is 18.0 Å². The van der Waals surface area contributed by atoms with Gasteiger partial charge in [-0.2, -0.15) is 0 Å². The number of aromatic hydroxyl groups is 1. The van der Waals surface area contributed by atoms with E-state index in [1.54, 1.807) is 18.2 Å². The van der Waals surface area contributed by atoms with Gasteiger partial charge in [0.15, 0.2) is 0 Å². The third-order valence-corrected chi connectivity index (χ3v) is 4.92. The molecular formula is C20H14O3. The number of rotatable bonds is 0. The van der Waals surface area contributed by atoms with Gasteiger partial charge in [0.25, 0.3) is 0 Å². The normalized spacial score (nSPS) is 20.6. The Morgan fingerprint density at radius 1 is 0.826 bits per heavy atom.